The Kier molecular flexibility index (Phi) is 5.47. The number of amides is 1. The number of nitrogens with zero attached hydrogens (tertiary/aromatic N) is 6. The number of pyridine rings is 1. The maximum atomic E-state index is 14.3. The summed E-state index contributed by atoms with van der Waals surface area (Å²) in [4.78, 5) is 28.6. The van der Waals surface area contributed by atoms with Gasteiger partial charge in [-0.1, -0.05) is 29.8 Å². The Bertz CT molecular complexity index is 1400. The first-order valence-electron chi connectivity index (χ1n) is 9.92. The van der Waals surface area contributed by atoms with Gasteiger partial charge in [0.15, 0.2) is 5.75 Å². The van der Waals surface area contributed by atoms with Crippen molar-refractivity contribution in [3.8, 4) is 11.6 Å². The van der Waals surface area contributed by atoms with Gasteiger partial charge >= 0.3 is 0 Å². The minimum absolute atomic E-state index is 0.0493. The van der Waals surface area contributed by atoms with Crippen LogP contribution in [0, 0.1) is 5.82 Å². The van der Waals surface area contributed by atoms with Crippen molar-refractivity contribution in [3.63, 3.8) is 0 Å². The van der Waals surface area contributed by atoms with E-state index in [0.717, 1.165) is 0 Å². The lowest BCUT2D eigenvalue weighted by Crippen LogP contribution is -2.48. The second-order valence-corrected chi connectivity index (χ2v) is 8.06. The Balaban J connectivity index is 1.55. The van der Waals surface area contributed by atoms with Gasteiger partial charge in [0, 0.05) is 32.2 Å². The molecule has 1 aliphatic heterocycles. The van der Waals surface area contributed by atoms with E-state index in [1.54, 1.807) is 11.0 Å². The van der Waals surface area contributed by atoms with Crippen molar-refractivity contribution in [1.82, 2.24) is 30.0 Å². The summed E-state index contributed by atoms with van der Waals surface area (Å²) in [5.41, 5.74) is 0.798. The molecule has 1 aromatic carbocycles. The van der Waals surface area contributed by atoms with Crippen molar-refractivity contribution in [2.24, 2.45) is 0 Å². The summed E-state index contributed by atoms with van der Waals surface area (Å²) >= 11 is 12.5. The molecule has 12 heteroatoms. The smallest absolute Gasteiger partial charge is 0.247 e. The molecule has 33 heavy (non-hydrogen) atoms. The molecule has 0 bridgehead atoms. The molecular formula is C21H16Cl2FN7O2. The van der Waals surface area contributed by atoms with Gasteiger partial charge in [0.1, 0.15) is 33.7 Å². The highest BCUT2D eigenvalue weighted by Crippen LogP contribution is 2.40. The van der Waals surface area contributed by atoms with Crippen molar-refractivity contribution >= 4 is 56.7 Å². The van der Waals surface area contributed by atoms with Crippen molar-refractivity contribution < 1.29 is 13.9 Å². The molecule has 168 valence electrons. The number of ether oxygens (including phenoxy) is 1. The van der Waals surface area contributed by atoms with Crippen LogP contribution in [0.25, 0.3) is 21.8 Å². The van der Waals surface area contributed by atoms with Crippen molar-refractivity contribution in [3.05, 3.63) is 53.3 Å². The fraction of sp³-hybridized carbons (Fsp3) is 0.190. The molecule has 0 saturated carbocycles. The lowest BCUT2D eigenvalue weighted by Gasteiger charge is -2.35. The van der Waals surface area contributed by atoms with Crippen molar-refractivity contribution in [1.29, 1.82) is 0 Å². The lowest BCUT2D eigenvalue weighted by molar-refractivity contribution is -0.126. The van der Waals surface area contributed by atoms with E-state index in [1.807, 2.05) is 4.90 Å². The van der Waals surface area contributed by atoms with Crippen LogP contribution in [-0.4, -0.2) is 62.1 Å². The summed E-state index contributed by atoms with van der Waals surface area (Å²) < 4.78 is 20.3. The largest absolute Gasteiger partial charge is 0.434 e. The van der Waals surface area contributed by atoms with Crippen LogP contribution in [0.1, 0.15) is 0 Å². The van der Waals surface area contributed by atoms with Gasteiger partial charge in [0.05, 0.1) is 22.5 Å². The quantitative estimate of drug-likeness (QED) is 0.343. The van der Waals surface area contributed by atoms with Gasteiger partial charge in [0.2, 0.25) is 11.8 Å². The number of fused-ring (bicyclic) bond motifs is 2. The average Bonchev–Trinajstić information content (AvgIpc) is 3.29. The summed E-state index contributed by atoms with van der Waals surface area (Å²) in [6, 6.07) is 2.87. The molecule has 1 fully saturated rings. The number of aromatic nitrogens is 5. The lowest BCUT2D eigenvalue weighted by atomic mass is 10.2. The number of hydrogen-bond donors (Lipinski definition) is 1. The number of piperazine rings is 1. The monoisotopic (exact) mass is 487 g/mol. The predicted molar refractivity (Wildman–Crippen MR) is 122 cm³/mol. The molecule has 0 radical (unpaired) electrons. The van der Waals surface area contributed by atoms with Gasteiger partial charge in [-0.05, 0) is 12.1 Å². The molecule has 4 aromatic rings. The van der Waals surface area contributed by atoms with E-state index in [-0.39, 0.29) is 27.7 Å². The van der Waals surface area contributed by atoms with Crippen LogP contribution in [0.15, 0.2) is 37.3 Å². The van der Waals surface area contributed by atoms with E-state index >= 15 is 0 Å². The van der Waals surface area contributed by atoms with Crippen LogP contribution < -0.4 is 9.64 Å². The highest BCUT2D eigenvalue weighted by molar-refractivity contribution is 6.33. The number of rotatable bonds is 4. The fourth-order valence-corrected chi connectivity index (χ4v) is 4.16. The maximum Gasteiger partial charge on any atom is 0.247 e. The molecule has 9 nitrogen and oxygen atoms in total. The number of carbonyl (C=O) groups excluding carboxylic acids is 1. The zero-order chi connectivity index (χ0) is 23.1. The zero-order valence-corrected chi connectivity index (χ0v) is 18.6. The summed E-state index contributed by atoms with van der Waals surface area (Å²) in [6.07, 6.45) is 4.18. The summed E-state index contributed by atoms with van der Waals surface area (Å²) in [6.45, 7) is 5.71. The second kappa shape index (κ2) is 8.45. The minimum atomic E-state index is -0.669. The third kappa shape index (κ3) is 3.81. The van der Waals surface area contributed by atoms with Gasteiger partial charge in [-0.3, -0.25) is 9.89 Å². The summed E-state index contributed by atoms with van der Waals surface area (Å²) in [5.74, 6) is -0.0527. The van der Waals surface area contributed by atoms with Gasteiger partial charge < -0.3 is 14.5 Å². The second-order valence-electron chi connectivity index (χ2n) is 7.29. The number of carbonyl (C=O) groups is 1. The van der Waals surface area contributed by atoms with E-state index in [1.165, 1.54) is 24.7 Å². The van der Waals surface area contributed by atoms with E-state index in [4.69, 9.17) is 27.9 Å². The van der Waals surface area contributed by atoms with Crippen LogP contribution >= 0.6 is 23.2 Å². The maximum absolute atomic E-state index is 14.3. The Morgan fingerprint density at radius 1 is 1.18 bits per heavy atom. The Morgan fingerprint density at radius 3 is 2.73 bits per heavy atom. The Hall–Kier alpha value is -3.50. The van der Waals surface area contributed by atoms with Crippen LogP contribution in [-0.2, 0) is 4.79 Å². The molecule has 3 aromatic heterocycles. The number of anilines is 1. The van der Waals surface area contributed by atoms with E-state index in [9.17, 15) is 9.18 Å². The van der Waals surface area contributed by atoms with Gasteiger partial charge in [-0.2, -0.15) is 10.1 Å². The third-order valence-corrected chi connectivity index (χ3v) is 5.94. The Morgan fingerprint density at radius 2 is 1.97 bits per heavy atom. The minimum Gasteiger partial charge on any atom is -0.434 e. The molecule has 1 aliphatic rings. The topological polar surface area (TPSA) is 100 Å². The summed E-state index contributed by atoms with van der Waals surface area (Å²) in [7, 11) is 0. The predicted octanol–water partition coefficient (Wildman–Crippen LogP) is 3.97. The van der Waals surface area contributed by atoms with Gasteiger partial charge in [-0.15, -0.1) is 0 Å². The van der Waals surface area contributed by atoms with Crippen molar-refractivity contribution in [2.45, 2.75) is 0 Å². The standard InChI is InChI=1S/C21H16Cl2FN7O2/c1-2-16(32)30-3-5-31(6-4-30)20-11-7-15(22)28-21(18(11)25-10-26-20)33-19-12-9-27-29-14(12)8-13(24)17(19)23/h2,7-10H,1,3-6H2,(H,27,29). The van der Waals surface area contributed by atoms with Crippen molar-refractivity contribution in [2.75, 3.05) is 31.1 Å². The number of aromatic amines is 1. The van der Waals surface area contributed by atoms with Gasteiger partial charge in [0.25, 0.3) is 0 Å². The fourth-order valence-electron chi connectivity index (χ4n) is 3.78. The van der Waals surface area contributed by atoms with E-state index < -0.39 is 5.82 Å². The first-order chi connectivity index (χ1) is 16.0. The molecular weight excluding hydrogens is 472 g/mol. The first-order valence-corrected chi connectivity index (χ1v) is 10.7. The van der Waals surface area contributed by atoms with E-state index in [0.29, 0.717) is 53.8 Å². The first kappa shape index (κ1) is 21.4. The third-order valence-electron chi connectivity index (χ3n) is 5.40. The normalized spacial score (nSPS) is 14.2. The molecule has 0 spiro atoms. The summed E-state index contributed by atoms with van der Waals surface area (Å²) in [5, 5.41) is 7.63. The van der Waals surface area contributed by atoms with Crippen LogP contribution in [0.2, 0.25) is 10.2 Å². The van der Waals surface area contributed by atoms with Gasteiger partial charge in [-0.25, -0.2) is 14.4 Å². The van der Waals surface area contributed by atoms with E-state index in [2.05, 4.69) is 31.7 Å². The molecule has 0 aliphatic carbocycles. The number of nitrogens with one attached hydrogen (secondary N) is 1. The molecule has 5 rings (SSSR count). The van der Waals surface area contributed by atoms with Crippen LogP contribution in [0.5, 0.6) is 11.6 Å². The molecule has 0 atom stereocenters. The zero-order valence-electron chi connectivity index (χ0n) is 17.1. The molecule has 1 amide bonds. The molecule has 4 heterocycles. The highest BCUT2D eigenvalue weighted by Gasteiger charge is 2.24. The molecule has 0 unspecified atom stereocenters. The molecule has 1 saturated heterocycles. The number of halogens is 3. The number of benzene rings is 1. The average molecular weight is 488 g/mol. The number of hydrogen-bond acceptors (Lipinski definition) is 7. The highest BCUT2D eigenvalue weighted by atomic mass is 35.5. The molecule has 1 N–H and O–H groups in total. The number of H-pyrrole nitrogens is 1. The SMILES string of the molecule is C=CC(=O)N1CCN(c2ncnc3c(Oc4c(Cl)c(F)cc5[nH]ncc45)nc(Cl)cc23)CC1. The van der Waals surface area contributed by atoms with Crippen LogP contribution in [0.3, 0.4) is 0 Å². The van der Waals surface area contributed by atoms with Crippen LogP contribution in [0.4, 0.5) is 10.2 Å². The Labute approximate surface area is 196 Å².